The normalized spacial score (nSPS) is 14.3. The van der Waals surface area contributed by atoms with E-state index in [0.717, 1.165) is 0 Å². The van der Waals surface area contributed by atoms with E-state index in [1.165, 1.54) is 111 Å². The molecule has 272 valence electrons. The highest BCUT2D eigenvalue weighted by molar-refractivity contribution is 5.96. The Morgan fingerprint density at radius 3 is 0.931 bits per heavy atom. The number of rotatable bonds is 4. The van der Waals surface area contributed by atoms with E-state index >= 15 is 0 Å². The summed E-state index contributed by atoms with van der Waals surface area (Å²) in [7, 11) is 0. The molecule has 3 aliphatic carbocycles. The second-order valence-electron chi connectivity index (χ2n) is 16.8. The van der Waals surface area contributed by atoms with E-state index in [1.807, 2.05) is 0 Å². The molecule has 0 saturated carbocycles. The number of hydrogen-bond donors (Lipinski definition) is 0. The highest BCUT2D eigenvalue weighted by Gasteiger charge is 2.51. The van der Waals surface area contributed by atoms with Gasteiger partial charge in [-0.25, -0.2) is 0 Å². The van der Waals surface area contributed by atoms with Crippen LogP contribution in [0.5, 0.6) is 0 Å². The molecule has 0 radical (unpaired) electrons. The van der Waals surface area contributed by atoms with Crippen LogP contribution in [0.1, 0.15) is 47.2 Å². The molecule has 0 heterocycles. The summed E-state index contributed by atoms with van der Waals surface area (Å²) in [4.78, 5) is 0. The van der Waals surface area contributed by atoms with Crippen LogP contribution in [0.4, 0.5) is 0 Å². The summed E-state index contributed by atoms with van der Waals surface area (Å²) >= 11 is 0. The number of hydrogen-bond acceptors (Lipinski definition) is 0. The van der Waals surface area contributed by atoms with Crippen LogP contribution in [0.15, 0.2) is 206 Å². The lowest BCUT2D eigenvalue weighted by molar-refractivity contribution is 0.660. The van der Waals surface area contributed by atoms with Gasteiger partial charge in [0.2, 0.25) is 0 Å². The SMILES string of the molecule is CC1(C)c2ccccc2-c2ccc(-c3cccc(-c4cccc(-c5cccc(-c6ccc7c(c6)C6(c8ccccc8-c8ccccc86)c6ccccc6-7)c5)c4)c3)cc21. The quantitative estimate of drug-likeness (QED) is 0.169. The Labute approximate surface area is 340 Å². The van der Waals surface area contributed by atoms with Gasteiger partial charge in [0.1, 0.15) is 0 Å². The van der Waals surface area contributed by atoms with Crippen molar-refractivity contribution in [1.82, 2.24) is 0 Å². The molecular weight excluding hydrogens is 697 g/mol. The first kappa shape index (κ1) is 33.2. The maximum atomic E-state index is 2.48. The fourth-order valence-corrected chi connectivity index (χ4v) is 10.8. The Bertz CT molecular complexity index is 3090. The third kappa shape index (κ3) is 4.58. The summed E-state index contributed by atoms with van der Waals surface area (Å²) in [5.41, 5.74) is 25.8. The van der Waals surface area contributed by atoms with Gasteiger partial charge in [0.15, 0.2) is 0 Å². The zero-order valence-electron chi connectivity index (χ0n) is 32.6. The van der Waals surface area contributed by atoms with Crippen LogP contribution < -0.4 is 0 Å². The van der Waals surface area contributed by atoms with Crippen molar-refractivity contribution in [3.8, 4) is 77.9 Å². The van der Waals surface area contributed by atoms with Gasteiger partial charge >= 0.3 is 0 Å². The fourth-order valence-electron chi connectivity index (χ4n) is 10.8. The Morgan fingerprint density at radius 1 is 0.224 bits per heavy atom. The second kappa shape index (κ2) is 12.2. The lowest BCUT2D eigenvalue weighted by Crippen LogP contribution is -2.25. The van der Waals surface area contributed by atoms with Gasteiger partial charge in [0.25, 0.3) is 0 Å². The van der Waals surface area contributed by atoms with Gasteiger partial charge < -0.3 is 0 Å². The fraction of sp³-hybridized carbons (Fsp3) is 0.0690. The van der Waals surface area contributed by atoms with E-state index in [0.29, 0.717) is 0 Å². The number of fused-ring (bicyclic) bond motifs is 13. The van der Waals surface area contributed by atoms with E-state index in [1.54, 1.807) is 0 Å². The zero-order valence-corrected chi connectivity index (χ0v) is 32.6. The van der Waals surface area contributed by atoms with Gasteiger partial charge in [-0.2, -0.15) is 0 Å². The smallest absolute Gasteiger partial charge is 0.0619 e. The lowest BCUT2D eigenvalue weighted by atomic mass is 9.70. The molecule has 9 aromatic rings. The highest BCUT2D eigenvalue weighted by atomic mass is 14.5. The van der Waals surface area contributed by atoms with Gasteiger partial charge in [0, 0.05) is 5.41 Å². The van der Waals surface area contributed by atoms with E-state index in [2.05, 4.69) is 220 Å². The number of benzene rings is 9. The second-order valence-corrected chi connectivity index (χ2v) is 16.8. The molecule has 0 unspecified atom stereocenters. The molecule has 9 aromatic carbocycles. The molecule has 0 fully saturated rings. The molecule has 0 saturated heterocycles. The van der Waals surface area contributed by atoms with Crippen molar-refractivity contribution in [1.29, 1.82) is 0 Å². The first-order chi connectivity index (χ1) is 28.5. The Morgan fingerprint density at radius 2 is 0.517 bits per heavy atom. The average molecular weight is 737 g/mol. The highest BCUT2D eigenvalue weighted by Crippen LogP contribution is 2.63. The molecule has 12 rings (SSSR count). The lowest BCUT2D eigenvalue weighted by Gasteiger charge is -2.30. The molecule has 0 heteroatoms. The predicted molar refractivity (Wildman–Crippen MR) is 242 cm³/mol. The summed E-state index contributed by atoms with van der Waals surface area (Å²) < 4.78 is 0. The van der Waals surface area contributed by atoms with Gasteiger partial charge in [-0.1, -0.05) is 190 Å². The molecule has 0 N–H and O–H groups in total. The summed E-state index contributed by atoms with van der Waals surface area (Å²) in [5.74, 6) is 0. The van der Waals surface area contributed by atoms with Crippen LogP contribution in [0, 0.1) is 0 Å². The van der Waals surface area contributed by atoms with E-state index in [9.17, 15) is 0 Å². The zero-order chi connectivity index (χ0) is 38.6. The minimum Gasteiger partial charge on any atom is -0.0619 e. The minimum absolute atomic E-state index is 0.0258. The summed E-state index contributed by atoms with van der Waals surface area (Å²) in [6.45, 7) is 4.71. The minimum atomic E-state index is -0.351. The predicted octanol–water partition coefficient (Wildman–Crippen LogP) is 15.0. The van der Waals surface area contributed by atoms with Gasteiger partial charge in [-0.05, 0) is 142 Å². The molecular formula is C58H40. The van der Waals surface area contributed by atoms with Crippen molar-refractivity contribution in [3.63, 3.8) is 0 Å². The molecule has 1 spiro atoms. The largest absolute Gasteiger partial charge is 0.0725 e. The van der Waals surface area contributed by atoms with Crippen molar-refractivity contribution in [3.05, 3.63) is 240 Å². The Kier molecular flexibility index (Phi) is 7.00. The Hall–Kier alpha value is -7.02. The third-order valence-electron chi connectivity index (χ3n) is 13.5. The monoisotopic (exact) mass is 736 g/mol. The maximum Gasteiger partial charge on any atom is 0.0725 e. The van der Waals surface area contributed by atoms with Crippen LogP contribution in [0.25, 0.3) is 77.9 Å². The van der Waals surface area contributed by atoms with Crippen molar-refractivity contribution >= 4 is 0 Å². The van der Waals surface area contributed by atoms with Gasteiger partial charge in [-0.15, -0.1) is 0 Å². The standard InChI is InChI=1S/C58H40/c1-57(2)51-24-7-3-20-45(51)49-30-28-43(35-55(49)57)41-18-12-16-39(33-41)37-14-11-15-38(32-37)40-17-13-19-42(34-40)44-29-31-50-48-23-6-10-27-54(48)58(56(50)36-44)52-25-8-4-21-46(52)47-22-5-9-26-53(47)58/h3-36H,1-2H3. The first-order valence-corrected chi connectivity index (χ1v) is 20.5. The summed E-state index contributed by atoms with van der Waals surface area (Å²) in [6.07, 6.45) is 0. The van der Waals surface area contributed by atoms with Crippen LogP contribution in [0.2, 0.25) is 0 Å². The molecule has 0 amide bonds. The van der Waals surface area contributed by atoms with Crippen molar-refractivity contribution in [2.24, 2.45) is 0 Å². The van der Waals surface area contributed by atoms with E-state index < -0.39 is 0 Å². The van der Waals surface area contributed by atoms with Crippen molar-refractivity contribution < 1.29 is 0 Å². The van der Waals surface area contributed by atoms with Crippen LogP contribution in [0.3, 0.4) is 0 Å². The molecule has 0 aromatic heterocycles. The molecule has 3 aliphatic rings. The van der Waals surface area contributed by atoms with Crippen LogP contribution in [-0.4, -0.2) is 0 Å². The third-order valence-corrected chi connectivity index (χ3v) is 13.5. The molecule has 0 bridgehead atoms. The molecule has 0 atom stereocenters. The molecule has 0 nitrogen and oxygen atoms in total. The maximum absolute atomic E-state index is 2.48. The first-order valence-electron chi connectivity index (χ1n) is 20.5. The summed E-state index contributed by atoms with van der Waals surface area (Å²) in [5, 5.41) is 0. The van der Waals surface area contributed by atoms with Crippen molar-refractivity contribution in [2.75, 3.05) is 0 Å². The van der Waals surface area contributed by atoms with E-state index in [-0.39, 0.29) is 10.8 Å². The van der Waals surface area contributed by atoms with Crippen molar-refractivity contribution in [2.45, 2.75) is 24.7 Å². The average Bonchev–Trinajstić information content (AvgIpc) is 3.85. The molecule has 58 heavy (non-hydrogen) atoms. The topological polar surface area (TPSA) is 0 Å². The van der Waals surface area contributed by atoms with Crippen LogP contribution in [-0.2, 0) is 10.8 Å². The molecule has 0 aliphatic heterocycles. The van der Waals surface area contributed by atoms with Gasteiger partial charge in [-0.3, -0.25) is 0 Å². The van der Waals surface area contributed by atoms with Gasteiger partial charge in [0.05, 0.1) is 5.41 Å². The Balaban J connectivity index is 0.916. The van der Waals surface area contributed by atoms with E-state index in [4.69, 9.17) is 0 Å². The summed E-state index contributed by atoms with van der Waals surface area (Å²) in [6, 6.07) is 77.3. The van der Waals surface area contributed by atoms with Crippen LogP contribution >= 0.6 is 0 Å².